The Bertz CT molecular complexity index is 2520. The topological polar surface area (TPSA) is 380 Å². The van der Waals surface area contributed by atoms with Crippen LogP contribution in [0, 0.1) is 5.92 Å². The molecule has 121 heavy (non-hydrogen) atoms. The smallest absolute Gasteiger partial charge is 0.463 e. The summed E-state index contributed by atoms with van der Waals surface area (Å²) in [7, 11) is -5.81. The molecule has 0 aromatic rings. The molecular weight excluding hydrogens is 1570 g/mol. The van der Waals surface area contributed by atoms with E-state index < -0.39 is 162 Å². The standard InChI is InChI=1S/C95H179O25P/c1-6-10-14-18-22-25-28-31-34-37-38-41-44-47-54-61-67-79(98)112-73-77-83(102)85(104)89(108)95(116-77)119-92-90(117-81(100)69-63-57-49-46-43-40-36-33-30-27-24-20-16-12-8-3)86(105)87(106)91(118-94-88(107)84(103)82(101)76(70-96)115-94)93(92)120-121(109,110)113-72-75(114-80(99)68-62-56-48-45-42-39-35-32-29-26-23-19-15-11-7-2)71-111-78(97)66-60-55-51-50-53-59-65-74(5)64-58-52-21-17-13-9-4/h74-77,82-96,101-108H,6-73H2,1-5H3,(H,109,110). The van der Waals surface area contributed by atoms with Crippen molar-refractivity contribution in [2.45, 2.75) is 550 Å². The minimum atomic E-state index is -5.81. The summed E-state index contributed by atoms with van der Waals surface area (Å²) in [5, 5.41) is 103. The molecule has 3 rings (SSSR count). The molecule has 0 aromatic heterocycles. The molecule has 26 heteroatoms. The lowest BCUT2D eigenvalue weighted by atomic mass is 9.84. The molecule has 19 unspecified atom stereocenters. The van der Waals surface area contributed by atoms with Gasteiger partial charge in [-0.25, -0.2) is 4.57 Å². The van der Waals surface area contributed by atoms with Crippen LogP contribution in [0.2, 0.25) is 0 Å². The molecule has 1 saturated carbocycles. The lowest BCUT2D eigenvalue weighted by Crippen LogP contribution is -2.70. The van der Waals surface area contributed by atoms with Crippen molar-refractivity contribution in [1.29, 1.82) is 0 Å². The molecule has 2 aliphatic heterocycles. The Morgan fingerprint density at radius 3 is 0.983 bits per heavy atom. The molecule has 2 heterocycles. The molecular formula is C95H179O25P. The van der Waals surface area contributed by atoms with Gasteiger partial charge in [0, 0.05) is 25.7 Å². The maximum atomic E-state index is 14.9. The van der Waals surface area contributed by atoms with Gasteiger partial charge in [0.1, 0.15) is 92.6 Å². The van der Waals surface area contributed by atoms with Gasteiger partial charge < -0.3 is 88.7 Å². The minimum Gasteiger partial charge on any atom is -0.463 e. The highest BCUT2D eigenvalue weighted by Gasteiger charge is 2.60. The van der Waals surface area contributed by atoms with E-state index >= 15 is 0 Å². The van der Waals surface area contributed by atoms with Gasteiger partial charge in [0.2, 0.25) is 0 Å². The second kappa shape index (κ2) is 73.3. The predicted octanol–water partition coefficient (Wildman–Crippen LogP) is 19.2. The number of rotatable bonds is 81. The number of aliphatic hydroxyl groups is 9. The molecule has 3 fully saturated rings. The number of phosphoric acid groups is 1. The van der Waals surface area contributed by atoms with Crippen molar-refractivity contribution in [3.05, 3.63) is 0 Å². The first-order chi connectivity index (χ1) is 58.6. The fraction of sp³-hybridized carbons (Fsp3) is 0.958. The van der Waals surface area contributed by atoms with Crippen LogP contribution in [-0.4, -0.2) is 205 Å². The number of esters is 4. The van der Waals surface area contributed by atoms with Gasteiger partial charge in [0.15, 0.2) is 24.8 Å². The van der Waals surface area contributed by atoms with Crippen molar-refractivity contribution < 1.29 is 122 Å². The molecule has 25 nitrogen and oxygen atoms in total. The first-order valence-electron chi connectivity index (χ1n) is 49.7. The lowest BCUT2D eigenvalue weighted by Gasteiger charge is -2.50. The summed E-state index contributed by atoms with van der Waals surface area (Å²) < 4.78 is 73.7. The molecule has 0 aromatic carbocycles. The molecule has 3 aliphatic rings. The van der Waals surface area contributed by atoms with Gasteiger partial charge >= 0.3 is 31.7 Å². The highest BCUT2D eigenvalue weighted by molar-refractivity contribution is 7.47. The SMILES string of the molecule is CCCCCCCCCCCCCCCCCCC(=O)OCC1OC(OC2C(OC(=O)CCCCCCCCCCCCCCCCC)C(O)C(O)C(OC3OC(CO)C(O)C(O)C3O)C2OP(=O)(O)OCC(COC(=O)CCCCCCCCC(C)CCCCCCCC)OC(=O)CCCCCCCCCCCCCCCCC)C(O)C(O)C1O. The maximum Gasteiger partial charge on any atom is 0.472 e. The Balaban J connectivity index is 1.90. The summed E-state index contributed by atoms with van der Waals surface area (Å²) in [5.41, 5.74) is 0. The number of unbranched alkanes of at least 4 members (excludes halogenated alkanes) is 53. The third-order valence-corrected chi connectivity index (χ3v) is 25.7. The molecule has 19 atom stereocenters. The number of aliphatic hydroxyl groups excluding tert-OH is 9. The minimum absolute atomic E-state index is 0.0202. The molecule has 714 valence electrons. The average Bonchev–Trinajstić information content (AvgIpc) is 0.754. The average molecular weight is 1750 g/mol. The molecule has 0 amide bonds. The summed E-state index contributed by atoms with van der Waals surface area (Å²) in [6.45, 7) is 8.00. The molecule has 1 aliphatic carbocycles. The Morgan fingerprint density at radius 1 is 0.322 bits per heavy atom. The zero-order valence-corrected chi connectivity index (χ0v) is 77.4. The Kier molecular flexibility index (Phi) is 68.2. The summed E-state index contributed by atoms with van der Waals surface area (Å²) in [6.07, 6.45) is 30.7. The largest absolute Gasteiger partial charge is 0.472 e. The van der Waals surface area contributed by atoms with E-state index in [4.69, 9.17) is 46.9 Å². The number of phosphoric ester groups is 1. The first kappa shape index (κ1) is 113. The second-order valence-corrected chi connectivity index (χ2v) is 37.3. The van der Waals surface area contributed by atoms with Gasteiger partial charge in [0.05, 0.1) is 13.2 Å². The van der Waals surface area contributed by atoms with Crippen LogP contribution in [0.5, 0.6) is 0 Å². The van der Waals surface area contributed by atoms with E-state index in [2.05, 4.69) is 34.6 Å². The fourth-order valence-corrected chi connectivity index (χ4v) is 17.8. The Labute approximate surface area is 731 Å². The maximum absolute atomic E-state index is 14.9. The first-order valence-corrected chi connectivity index (χ1v) is 51.2. The van der Waals surface area contributed by atoms with Gasteiger partial charge in [0.25, 0.3) is 0 Å². The van der Waals surface area contributed by atoms with Gasteiger partial charge in [-0.15, -0.1) is 0 Å². The molecule has 2 saturated heterocycles. The predicted molar refractivity (Wildman–Crippen MR) is 472 cm³/mol. The van der Waals surface area contributed by atoms with E-state index in [0.717, 1.165) is 128 Å². The number of carbonyl (C=O) groups excluding carboxylic acids is 4. The molecule has 0 spiro atoms. The molecule has 0 bridgehead atoms. The number of hydrogen-bond donors (Lipinski definition) is 10. The van der Waals surface area contributed by atoms with E-state index in [0.29, 0.717) is 38.0 Å². The quantitative estimate of drug-likeness (QED) is 0.0117. The van der Waals surface area contributed by atoms with Crippen molar-refractivity contribution in [2.75, 3.05) is 26.4 Å². The second-order valence-electron chi connectivity index (χ2n) is 35.9. The van der Waals surface area contributed by atoms with Crippen LogP contribution in [0.15, 0.2) is 0 Å². The van der Waals surface area contributed by atoms with Crippen molar-refractivity contribution in [1.82, 2.24) is 0 Å². The summed E-state index contributed by atoms with van der Waals surface area (Å²) in [6, 6.07) is 0. The van der Waals surface area contributed by atoms with Gasteiger partial charge in [-0.2, -0.15) is 0 Å². The third-order valence-electron chi connectivity index (χ3n) is 24.8. The third kappa shape index (κ3) is 53.3. The highest BCUT2D eigenvalue weighted by Crippen LogP contribution is 2.49. The van der Waals surface area contributed by atoms with Crippen LogP contribution in [0.1, 0.15) is 446 Å². The van der Waals surface area contributed by atoms with E-state index in [1.54, 1.807) is 0 Å². The number of hydrogen-bond acceptors (Lipinski definition) is 24. The monoisotopic (exact) mass is 1750 g/mol. The van der Waals surface area contributed by atoms with Crippen LogP contribution < -0.4 is 0 Å². The van der Waals surface area contributed by atoms with Crippen molar-refractivity contribution in [3.63, 3.8) is 0 Å². The van der Waals surface area contributed by atoms with Crippen LogP contribution in [-0.2, 0) is 70.7 Å². The van der Waals surface area contributed by atoms with Gasteiger partial charge in [-0.3, -0.25) is 28.2 Å². The summed E-state index contributed by atoms with van der Waals surface area (Å²) in [5.74, 6) is -2.25. The number of ether oxygens (including phenoxy) is 8. The zero-order valence-electron chi connectivity index (χ0n) is 76.5. The summed E-state index contributed by atoms with van der Waals surface area (Å²) in [4.78, 5) is 66.7. The summed E-state index contributed by atoms with van der Waals surface area (Å²) >= 11 is 0. The van der Waals surface area contributed by atoms with E-state index in [9.17, 15) is 74.6 Å². The van der Waals surface area contributed by atoms with Gasteiger partial charge in [-0.05, 0) is 31.6 Å². The number of carbonyl (C=O) groups is 4. The zero-order chi connectivity index (χ0) is 88.4. The molecule has 10 N–H and O–H groups in total. The van der Waals surface area contributed by atoms with Crippen LogP contribution in [0.3, 0.4) is 0 Å². The molecule has 0 radical (unpaired) electrons. The lowest BCUT2D eigenvalue weighted by molar-refractivity contribution is -0.360. The Morgan fingerprint density at radius 2 is 0.620 bits per heavy atom. The highest BCUT2D eigenvalue weighted by atomic mass is 31.2. The van der Waals surface area contributed by atoms with E-state index in [1.165, 1.54) is 225 Å². The van der Waals surface area contributed by atoms with Crippen LogP contribution in [0.25, 0.3) is 0 Å². The van der Waals surface area contributed by atoms with Crippen LogP contribution in [0.4, 0.5) is 0 Å². The van der Waals surface area contributed by atoms with E-state index in [1.807, 2.05) is 0 Å². The van der Waals surface area contributed by atoms with Crippen molar-refractivity contribution in [2.24, 2.45) is 5.92 Å². The normalized spacial score (nSPS) is 24.8. The van der Waals surface area contributed by atoms with Crippen molar-refractivity contribution >= 4 is 31.7 Å². The fourth-order valence-electron chi connectivity index (χ4n) is 16.8. The van der Waals surface area contributed by atoms with Gasteiger partial charge in [-0.1, -0.05) is 394 Å². The van der Waals surface area contributed by atoms with E-state index in [-0.39, 0.29) is 25.7 Å². The van der Waals surface area contributed by atoms with Crippen molar-refractivity contribution in [3.8, 4) is 0 Å². The van der Waals surface area contributed by atoms with Crippen LogP contribution >= 0.6 is 7.82 Å². The Hall–Kier alpha value is -2.53.